The molecule has 0 aromatic heterocycles. The first kappa shape index (κ1) is 12.1. The van der Waals surface area contributed by atoms with E-state index in [1.807, 2.05) is 0 Å². The molecule has 0 amide bonds. The first-order chi connectivity index (χ1) is 6.47. The Hall–Kier alpha value is -1.86. The largest absolute Gasteiger partial charge is 0.369 e. The summed E-state index contributed by atoms with van der Waals surface area (Å²) in [5.41, 5.74) is 10.9. The van der Waals surface area contributed by atoms with E-state index >= 15 is 0 Å². The van der Waals surface area contributed by atoms with Gasteiger partial charge in [-0.05, 0) is 0 Å². The smallest absolute Gasteiger partial charge is 0.220 e. The molecular weight excluding hydrogens is 186 g/mol. The van der Waals surface area contributed by atoms with Crippen LogP contribution in [0, 0.1) is 4.91 Å². The van der Waals surface area contributed by atoms with Gasteiger partial charge < -0.3 is 16.4 Å². The van der Waals surface area contributed by atoms with Gasteiger partial charge >= 0.3 is 0 Å². The number of nitrogens with two attached hydrogens (primary N) is 2. The molecule has 0 unspecified atom stereocenters. The highest BCUT2D eigenvalue weighted by molar-refractivity contribution is 5.92. The Kier molecular flexibility index (Phi) is 4.97. The van der Waals surface area contributed by atoms with Crippen LogP contribution in [0.1, 0.15) is 0 Å². The third kappa shape index (κ3) is 4.91. The van der Waals surface area contributed by atoms with E-state index in [0.29, 0.717) is 0 Å². The summed E-state index contributed by atoms with van der Waals surface area (Å²) in [6.45, 7) is 0.0551. The van der Waals surface area contributed by atoms with Gasteiger partial charge in [0.15, 0.2) is 5.96 Å². The second kappa shape index (κ2) is 5.73. The normalized spacial score (nSPS) is 12.5. The minimum Gasteiger partial charge on any atom is -0.369 e. The van der Waals surface area contributed by atoms with Crippen molar-refractivity contribution in [1.82, 2.24) is 9.91 Å². The van der Waals surface area contributed by atoms with E-state index in [4.69, 9.17) is 11.5 Å². The highest BCUT2D eigenvalue weighted by Gasteiger charge is 1.96. The van der Waals surface area contributed by atoms with Gasteiger partial charge in [-0.1, -0.05) is 0 Å². The Labute approximate surface area is 82.2 Å². The lowest BCUT2D eigenvalue weighted by molar-refractivity contribution is 0.362. The summed E-state index contributed by atoms with van der Waals surface area (Å²) in [6.07, 6.45) is 0. The van der Waals surface area contributed by atoms with Gasteiger partial charge in [-0.25, -0.2) is 10.0 Å². The fraction of sp³-hybridized carbons (Fsp3) is 0.667. The van der Waals surface area contributed by atoms with Crippen molar-refractivity contribution in [3.8, 4) is 0 Å². The van der Waals surface area contributed by atoms with Crippen LogP contribution in [0.5, 0.6) is 0 Å². The molecule has 4 N–H and O–H groups in total. The first-order valence-electron chi connectivity index (χ1n) is 3.83. The summed E-state index contributed by atoms with van der Waals surface area (Å²) in [5, 5.41) is 3.68. The van der Waals surface area contributed by atoms with Crippen molar-refractivity contribution in [1.29, 1.82) is 0 Å². The molecule has 0 saturated heterocycles. The van der Waals surface area contributed by atoms with Crippen molar-refractivity contribution in [3.63, 3.8) is 0 Å². The average molecular weight is 201 g/mol. The fourth-order valence-electron chi connectivity index (χ4n) is 0.453. The summed E-state index contributed by atoms with van der Waals surface area (Å²) < 4.78 is 0. The number of nitroso groups, excluding NO2 is 1. The Balaban J connectivity index is 4.25. The van der Waals surface area contributed by atoms with E-state index in [-0.39, 0.29) is 18.6 Å². The Morgan fingerprint density at radius 3 is 2.29 bits per heavy atom. The number of nitrogens with zero attached hydrogens (tertiary/aromatic N) is 5. The summed E-state index contributed by atoms with van der Waals surface area (Å²) in [5.74, 6) is 0.250. The third-order valence-electron chi connectivity index (χ3n) is 1.26. The number of rotatable bonds is 3. The molecule has 0 rings (SSSR count). The van der Waals surface area contributed by atoms with Crippen LogP contribution in [0.15, 0.2) is 15.3 Å². The lowest BCUT2D eigenvalue weighted by Gasteiger charge is -2.10. The predicted molar refractivity (Wildman–Crippen MR) is 55.4 cm³/mol. The second-order valence-electron chi connectivity index (χ2n) is 2.76. The molecule has 0 aliphatic rings. The Bertz CT molecular complexity index is 247. The van der Waals surface area contributed by atoms with Crippen molar-refractivity contribution in [2.45, 2.75) is 0 Å². The summed E-state index contributed by atoms with van der Waals surface area (Å²) >= 11 is 0. The molecule has 0 aliphatic heterocycles. The van der Waals surface area contributed by atoms with E-state index < -0.39 is 0 Å². The van der Waals surface area contributed by atoms with Crippen molar-refractivity contribution in [3.05, 3.63) is 4.91 Å². The highest BCUT2D eigenvalue weighted by atomic mass is 16.3. The van der Waals surface area contributed by atoms with E-state index in [1.165, 1.54) is 7.05 Å². The predicted octanol–water partition coefficient (Wildman–Crippen LogP) is -1.25. The lowest BCUT2D eigenvalue weighted by Crippen LogP contribution is -2.32. The van der Waals surface area contributed by atoms with Crippen LogP contribution in [0.4, 0.5) is 0 Å². The van der Waals surface area contributed by atoms with Gasteiger partial charge in [-0.3, -0.25) is 0 Å². The standard InChI is InChI=1S/C6H15N7O/c1-12(2)6(8)10-5(7)9-4-13(3)11-14/h4H2,1-3H3,(H4,7,8,9,10). The maximum Gasteiger partial charge on any atom is 0.220 e. The highest BCUT2D eigenvalue weighted by Crippen LogP contribution is 1.84. The number of aliphatic imine (C=N–C) groups is 2. The number of hydrogen-bond acceptors (Lipinski definition) is 3. The summed E-state index contributed by atoms with van der Waals surface area (Å²) in [7, 11) is 4.93. The quantitative estimate of drug-likeness (QED) is 0.256. The molecule has 8 heteroatoms. The van der Waals surface area contributed by atoms with E-state index in [2.05, 4.69) is 15.3 Å². The van der Waals surface area contributed by atoms with Crippen molar-refractivity contribution in [2.75, 3.05) is 27.8 Å². The summed E-state index contributed by atoms with van der Waals surface area (Å²) in [6, 6.07) is 0. The van der Waals surface area contributed by atoms with E-state index in [1.54, 1.807) is 19.0 Å². The zero-order chi connectivity index (χ0) is 11.1. The number of hydrogen-bond donors (Lipinski definition) is 2. The van der Waals surface area contributed by atoms with E-state index in [9.17, 15) is 4.91 Å². The van der Waals surface area contributed by atoms with Gasteiger partial charge in [0.05, 0.1) is 5.29 Å². The molecule has 0 aromatic rings. The van der Waals surface area contributed by atoms with Crippen LogP contribution >= 0.6 is 0 Å². The van der Waals surface area contributed by atoms with Crippen LogP contribution in [0.25, 0.3) is 0 Å². The van der Waals surface area contributed by atoms with Crippen LogP contribution in [-0.4, -0.2) is 49.6 Å². The monoisotopic (exact) mass is 201 g/mol. The zero-order valence-corrected chi connectivity index (χ0v) is 8.51. The molecule has 0 radical (unpaired) electrons. The van der Waals surface area contributed by atoms with Gasteiger partial charge in [-0.15, -0.1) is 4.91 Å². The minimum atomic E-state index is 0.00620. The molecule has 0 bridgehead atoms. The van der Waals surface area contributed by atoms with Gasteiger partial charge in [0.2, 0.25) is 5.96 Å². The second-order valence-corrected chi connectivity index (χ2v) is 2.76. The molecule has 0 fully saturated rings. The fourth-order valence-corrected chi connectivity index (χ4v) is 0.453. The van der Waals surface area contributed by atoms with Gasteiger partial charge in [0, 0.05) is 21.1 Å². The van der Waals surface area contributed by atoms with Crippen molar-refractivity contribution >= 4 is 11.9 Å². The molecule has 0 heterocycles. The molecule has 80 valence electrons. The number of guanidine groups is 2. The molecule has 0 aromatic carbocycles. The molecule has 14 heavy (non-hydrogen) atoms. The molecule has 0 saturated carbocycles. The summed E-state index contributed by atoms with van der Waals surface area (Å²) in [4.78, 5) is 19.0. The molecular formula is C6H15N7O. The van der Waals surface area contributed by atoms with Gasteiger partial charge in [0.1, 0.15) is 6.67 Å². The maximum atomic E-state index is 9.94. The Morgan fingerprint density at radius 1 is 1.29 bits per heavy atom. The van der Waals surface area contributed by atoms with Crippen LogP contribution < -0.4 is 11.5 Å². The molecule has 0 aliphatic carbocycles. The molecule has 0 atom stereocenters. The molecule has 0 spiro atoms. The molecule has 8 nitrogen and oxygen atoms in total. The first-order valence-corrected chi connectivity index (χ1v) is 3.83. The Morgan fingerprint density at radius 2 is 1.86 bits per heavy atom. The van der Waals surface area contributed by atoms with Crippen LogP contribution in [0.2, 0.25) is 0 Å². The minimum absolute atomic E-state index is 0.00620. The van der Waals surface area contributed by atoms with Crippen LogP contribution in [0.3, 0.4) is 0 Å². The van der Waals surface area contributed by atoms with E-state index in [0.717, 1.165) is 5.01 Å². The van der Waals surface area contributed by atoms with Crippen LogP contribution in [-0.2, 0) is 0 Å². The maximum absolute atomic E-state index is 9.94. The SMILES string of the molecule is CN(C/N=C(N)\N=C(\N)N(C)C)N=O. The van der Waals surface area contributed by atoms with Crippen molar-refractivity contribution < 1.29 is 0 Å². The van der Waals surface area contributed by atoms with Gasteiger partial charge in [0.25, 0.3) is 0 Å². The lowest BCUT2D eigenvalue weighted by atomic mass is 10.8. The topological polar surface area (TPSA) is 113 Å². The zero-order valence-electron chi connectivity index (χ0n) is 8.51. The average Bonchev–Trinajstić information content (AvgIpc) is 2.13. The van der Waals surface area contributed by atoms with Crippen molar-refractivity contribution in [2.24, 2.45) is 26.7 Å². The van der Waals surface area contributed by atoms with Gasteiger partial charge in [-0.2, -0.15) is 4.99 Å². The third-order valence-corrected chi connectivity index (χ3v) is 1.26.